The summed E-state index contributed by atoms with van der Waals surface area (Å²) in [6, 6.07) is 3.85. The van der Waals surface area contributed by atoms with E-state index >= 15 is 0 Å². The molecule has 124 valence electrons. The summed E-state index contributed by atoms with van der Waals surface area (Å²) in [5, 5.41) is 2.64. The fraction of sp³-hybridized carbons (Fsp3) is 0.200. The summed E-state index contributed by atoms with van der Waals surface area (Å²) in [7, 11) is 0. The predicted molar refractivity (Wildman–Crippen MR) is 89.0 cm³/mol. The standard InChI is InChI=1S/C15H13BrFN5O2/c16-8-6-19-13(20-7-8)14(23)21-9-1-2-11(17)10(5-9)12-3-4-24-15(18)22-12/h1-2,5-7,12H,3-4H2,(H2,18,22)(H,21,23). The highest BCUT2D eigenvalue weighted by Crippen LogP contribution is 2.28. The van der Waals surface area contributed by atoms with Crippen LogP contribution in [0.3, 0.4) is 0 Å². The first-order valence-corrected chi connectivity index (χ1v) is 7.86. The Morgan fingerprint density at radius 1 is 1.38 bits per heavy atom. The molecule has 0 radical (unpaired) electrons. The third kappa shape index (κ3) is 3.67. The first-order chi connectivity index (χ1) is 11.5. The van der Waals surface area contributed by atoms with Crippen molar-refractivity contribution < 1.29 is 13.9 Å². The summed E-state index contributed by atoms with van der Waals surface area (Å²) < 4.78 is 19.8. The van der Waals surface area contributed by atoms with Gasteiger partial charge in [-0.25, -0.2) is 19.4 Å². The van der Waals surface area contributed by atoms with E-state index in [1.807, 2.05) is 0 Å². The molecule has 0 bridgehead atoms. The molecule has 0 spiro atoms. The number of aromatic nitrogens is 2. The number of anilines is 1. The number of nitrogens with one attached hydrogen (secondary N) is 1. The zero-order chi connectivity index (χ0) is 17.1. The molecule has 2 heterocycles. The molecule has 1 aromatic heterocycles. The number of hydrogen-bond donors (Lipinski definition) is 2. The van der Waals surface area contributed by atoms with Crippen LogP contribution in [0.4, 0.5) is 10.1 Å². The minimum atomic E-state index is -0.491. The van der Waals surface area contributed by atoms with Crippen molar-refractivity contribution in [2.45, 2.75) is 12.5 Å². The van der Waals surface area contributed by atoms with Crippen molar-refractivity contribution >= 4 is 33.5 Å². The van der Waals surface area contributed by atoms with Gasteiger partial charge in [0.1, 0.15) is 5.82 Å². The van der Waals surface area contributed by atoms with Gasteiger partial charge < -0.3 is 15.8 Å². The number of benzene rings is 1. The van der Waals surface area contributed by atoms with E-state index in [1.54, 1.807) is 0 Å². The third-order valence-electron chi connectivity index (χ3n) is 3.36. The molecule has 2 aromatic rings. The molecule has 1 unspecified atom stereocenters. The number of carbonyl (C=O) groups is 1. The van der Waals surface area contributed by atoms with E-state index in [4.69, 9.17) is 10.5 Å². The molecule has 1 atom stereocenters. The Bertz CT molecular complexity index is 797. The maximum Gasteiger partial charge on any atom is 0.293 e. The Kier molecular flexibility index (Phi) is 4.70. The Labute approximate surface area is 145 Å². The van der Waals surface area contributed by atoms with Crippen LogP contribution in [0.15, 0.2) is 40.1 Å². The second-order valence-electron chi connectivity index (χ2n) is 5.04. The number of amidine groups is 1. The van der Waals surface area contributed by atoms with E-state index in [9.17, 15) is 9.18 Å². The minimum absolute atomic E-state index is 0.0115. The number of halogens is 2. The molecule has 0 saturated carbocycles. The number of amides is 1. The highest BCUT2D eigenvalue weighted by atomic mass is 79.9. The number of hydrogen-bond acceptors (Lipinski definition) is 6. The van der Waals surface area contributed by atoms with Gasteiger partial charge in [-0.3, -0.25) is 4.79 Å². The van der Waals surface area contributed by atoms with E-state index < -0.39 is 17.8 Å². The molecule has 0 aliphatic carbocycles. The highest BCUT2D eigenvalue weighted by molar-refractivity contribution is 9.10. The summed E-state index contributed by atoms with van der Waals surface area (Å²) >= 11 is 3.20. The number of ether oxygens (including phenoxy) is 1. The van der Waals surface area contributed by atoms with Crippen LogP contribution in [0.5, 0.6) is 0 Å². The van der Waals surface area contributed by atoms with Crippen molar-refractivity contribution in [2.75, 3.05) is 11.9 Å². The smallest absolute Gasteiger partial charge is 0.293 e. The van der Waals surface area contributed by atoms with Crippen LogP contribution < -0.4 is 11.1 Å². The first kappa shape index (κ1) is 16.3. The molecule has 1 amide bonds. The van der Waals surface area contributed by atoms with Crippen molar-refractivity contribution in [1.29, 1.82) is 0 Å². The van der Waals surface area contributed by atoms with Crippen LogP contribution in [0.1, 0.15) is 28.6 Å². The second-order valence-corrected chi connectivity index (χ2v) is 5.95. The topological polar surface area (TPSA) is 102 Å². The number of aliphatic imine (C=N–C) groups is 1. The molecular formula is C15H13BrFN5O2. The summed E-state index contributed by atoms with van der Waals surface area (Å²) in [6.45, 7) is 0.364. The van der Waals surface area contributed by atoms with Gasteiger partial charge in [-0.1, -0.05) is 0 Å². The fourth-order valence-electron chi connectivity index (χ4n) is 2.25. The van der Waals surface area contributed by atoms with Crippen molar-refractivity contribution in [3.63, 3.8) is 0 Å². The van der Waals surface area contributed by atoms with Crippen molar-refractivity contribution in [1.82, 2.24) is 9.97 Å². The van der Waals surface area contributed by atoms with Gasteiger partial charge in [0.15, 0.2) is 0 Å². The van der Waals surface area contributed by atoms with Crippen molar-refractivity contribution in [3.8, 4) is 0 Å². The molecule has 1 aromatic carbocycles. The highest BCUT2D eigenvalue weighted by Gasteiger charge is 2.21. The van der Waals surface area contributed by atoms with Crippen molar-refractivity contribution in [3.05, 3.63) is 52.3 Å². The molecule has 0 saturated heterocycles. The quantitative estimate of drug-likeness (QED) is 0.833. The summed E-state index contributed by atoms with van der Waals surface area (Å²) in [5.41, 5.74) is 6.30. The normalized spacial score (nSPS) is 16.9. The Balaban J connectivity index is 1.82. The Morgan fingerprint density at radius 3 is 2.83 bits per heavy atom. The van der Waals surface area contributed by atoms with E-state index in [0.29, 0.717) is 28.8 Å². The molecule has 3 N–H and O–H groups in total. The maximum absolute atomic E-state index is 14.1. The van der Waals surface area contributed by atoms with Gasteiger partial charge in [0, 0.05) is 30.1 Å². The lowest BCUT2D eigenvalue weighted by Crippen LogP contribution is -2.24. The van der Waals surface area contributed by atoms with Crippen LogP contribution >= 0.6 is 15.9 Å². The number of carbonyl (C=O) groups excluding carboxylic acids is 1. The molecule has 0 fully saturated rings. The SMILES string of the molecule is NC1=NC(c2cc(NC(=O)c3ncc(Br)cn3)ccc2F)CCO1. The maximum atomic E-state index is 14.1. The zero-order valence-corrected chi connectivity index (χ0v) is 14.0. The van der Waals surface area contributed by atoms with Crippen LogP contribution in [0.2, 0.25) is 0 Å². The van der Waals surface area contributed by atoms with E-state index in [1.165, 1.54) is 30.6 Å². The Hall–Kier alpha value is -2.55. The molecule has 24 heavy (non-hydrogen) atoms. The molecule has 3 rings (SSSR count). The third-order valence-corrected chi connectivity index (χ3v) is 3.77. The summed E-state index contributed by atoms with van der Waals surface area (Å²) in [4.78, 5) is 24.1. The van der Waals surface area contributed by atoms with E-state index in [-0.39, 0.29) is 11.8 Å². The summed E-state index contributed by atoms with van der Waals surface area (Å²) in [6.07, 6.45) is 3.44. The summed E-state index contributed by atoms with van der Waals surface area (Å²) in [5.74, 6) is -0.899. The lowest BCUT2D eigenvalue weighted by molar-refractivity contribution is 0.101. The predicted octanol–water partition coefficient (Wildman–Crippen LogP) is 2.41. The molecule has 9 heteroatoms. The average Bonchev–Trinajstić information content (AvgIpc) is 2.57. The molecule has 7 nitrogen and oxygen atoms in total. The van der Waals surface area contributed by atoms with Crippen LogP contribution in [-0.4, -0.2) is 28.5 Å². The van der Waals surface area contributed by atoms with Gasteiger partial charge in [0.25, 0.3) is 11.9 Å². The van der Waals surface area contributed by atoms with E-state index in [2.05, 4.69) is 36.2 Å². The first-order valence-electron chi connectivity index (χ1n) is 7.07. The largest absolute Gasteiger partial charge is 0.465 e. The van der Waals surface area contributed by atoms with Crippen LogP contribution in [0.25, 0.3) is 0 Å². The van der Waals surface area contributed by atoms with Gasteiger partial charge in [0.2, 0.25) is 5.82 Å². The fourth-order valence-corrected chi connectivity index (χ4v) is 2.45. The van der Waals surface area contributed by atoms with Gasteiger partial charge in [-0.05, 0) is 34.1 Å². The van der Waals surface area contributed by atoms with Crippen molar-refractivity contribution in [2.24, 2.45) is 10.7 Å². The van der Waals surface area contributed by atoms with Crippen LogP contribution in [-0.2, 0) is 4.74 Å². The Morgan fingerprint density at radius 2 is 2.12 bits per heavy atom. The zero-order valence-electron chi connectivity index (χ0n) is 12.4. The van der Waals surface area contributed by atoms with Crippen LogP contribution in [0, 0.1) is 5.82 Å². The monoisotopic (exact) mass is 393 g/mol. The molecule has 1 aliphatic rings. The molecular weight excluding hydrogens is 381 g/mol. The number of nitrogens with zero attached hydrogens (tertiary/aromatic N) is 3. The lowest BCUT2D eigenvalue weighted by atomic mass is 10.0. The average molecular weight is 394 g/mol. The van der Waals surface area contributed by atoms with Gasteiger partial charge in [-0.2, -0.15) is 0 Å². The molecule has 1 aliphatic heterocycles. The van der Waals surface area contributed by atoms with Gasteiger partial charge in [-0.15, -0.1) is 0 Å². The number of nitrogens with two attached hydrogens (primary N) is 1. The van der Waals surface area contributed by atoms with Gasteiger partial charge in [0.05, 0.1) is 17.1 Å². The second kappa shape index (κ2) is 6.91. The lowest BCUT2D eigenvalue weighted by Gasteiger charge is -2.20. The van der Waals surface area contributed by atoms with Gasteiger partial charge >= 0.3 is 0 Å². The minimum Gasteiger partial charge on any atom is -0.465 e. The number of rotatable bonds is 3. The van der Waals surface area contributed by atoms with E-state index in [0.717, 1.165) is 0 Å².